The summed E-state index contributed by atoms with van der Waals surface area (Å²) in [5.41, 5.74) is 2.22. The predicted molar refractivity (Wildman–Crippen MR) is 84.6 cm³/mol. The molecule has 1 aliphatic rings. The Morgan fingerprint density at radius 1 is 0.864 bits per heavy atom. The fraction of sp³-hybridized carbons (Fsp3) is 0.263. The minimum Gasteiger partial charge on any atom is -0.507 e. The third-order valence-electron chi connectivity index (χ3n) is 4.19. The zero-order valence-corrected chi connectivity index (χ0v) is 12.6. The van der Waals surface area contributed by atoms with Gasteiger partial charge in [-0.2, -0.15) is 0 Å². The first-order valence-corrected chi connectivity index (χ1v) is 7.68. The summed E-state index contributed by atoms with van der Waals surface area (Å²) in [6.45, 7) is 2.12. The maximum absolute atomic E-state index is 12.8. The molecule has 0 saturated heterocycles. The van der Waals surface area contributed by atoms with Crippen molar-refractivity contribution in [2.24, 2.45) is 0 Å². The van der Waals surface area contributed by atoms with Crippen molar-refractivity contribution in [2.75, 3.05) is 0 Å². The number of aromatic hydroxyl groups is 1. The summed E-state index contributed by atoms with van der Waals surface area (Å²) in [6.07, 6.45) is 3.89. The van der Waals surface area contributed by atoms with Crippen LogP contribution in [0.15, 0.2) is 36.4 Å². The largest absolute Gasteiger partial charge is 0.507 e. The van der Waals surface area contributed by atoms with Crippen LogP contribution in [0.5, 0.6) is 5.75 Å². The minimum absolute atomic E-state index is 0.109. The third kappa shape index (κ3) is 2.23. The lowest BCUT2D eigenvalue weighted by atomic mass is 9.80. The van der Waals surface area contributed by atoms with Crippen LogP contribution >= 0.6 is 0 Å². The number of ketones is 2. The van der Waals surface area contributed by atoms with Crippen molar-refractivity contribution in [2.45, 2.75) is 32.6 Å². The van der Waals surface area contributed by atoms with Crippen LogP contribution in [-0.4, -0.2) is 16.7 Å². The number of benzene rings is 2. The maximum atomic E-state index is 12.8. The van der Waals surface area contributed by atoms with Gasteiger partial charge < -0.3 is 5.11 Å². The van der Waals surface area contributed by atoms with Crippen molar-refractivity contribution in [3.05, 3.63) is 64.2 Å². The van der Waals surface area contributed by atoms with Gasteiger partial charge in [0.2, 0.25) is 0 Å². The fourth-order valence-corrected chi connectivity index (χ4v) is 3.05. The Hall–Kier alpha value is -2.42. The highest BCUT2D eigenvalue weighted by Crippen LogP contribution is 2.35. The molecule has 0 atom stereocenters. The Morgan fingerprint density at radius 2 is 1.50 bits per heavy atom. The zero-order valence-electron chi connectivity index (χ0n) is 12.6. The van der Waals surface area contributed by atoms with Crippen LogP contribution in [0, 0.1) is 0 Å². The van der Waals surface area contributed by atoms with E-state index in [0.29, 0.717) is 16.7 Å². The Bertz CT molecular complexity index is 759. The Morgan fingerprint density at radius 3 is 2.14 bits per heavy atom. The zero-order chi connectivity index (χ0) is 15.7. The molecule has 3 nitrogen and oxygen atoms in total. The summed E-state index contributed by atoms with van der Waals surface area (Å²) in [5, 5.41) is 10.1. The summed E-state index contributed by atoms with van der Waals surface area (Å²) in [5.74, 6) is -0.533. The summed E-state index contributed by atoms with van der Waals surface area (Å²) in [6, 6.07) is 10.1. The second kappa shape index (κ2) is 5.76. The van der Waals surface area contributed by atoms with E-state index in [1.54, 1.807) is 30.3 Å². The first-order valence-electron chi connectivity index (χ1n) is 7.68. The molecule has 3 heteroatoms. The van der Waals surface area contributed by atoms with Crippen LogP contribution in [0.25, 0.3) is 0 Å². The van der Waals surface area contributed by atoms with E-state index in [4.69, 9.17) is 0 Å². The topological polar surface area (TPSA) is 54.4 Å². The Kier molecular flexibility index (Phi) is 3.80. The minimum atomic E-state index is -0.264. The van der Waals surface area contributed by atoms with E-state index in [2.05, 4.69) is 6.92 Å². The number of carbonyl (C=O) groups is 2. The second-order valence-electron chi connectivity index (χ2n) is 5.65. The van der Waals surface area contributed by atoms with Gasteiger partial charge in [0.05, 0.1) is 5.56 Å². The number of hydrogen-bond donors (Lipinski definition) is 1. The molecule has 112 valence electrons. The molecule has 0 unspecified atom stereocenters. The van der Waals surface area contributed by atoms with Crippen LogP contribution in [0.3, 0.4) is 0 Å². The van der Waals surface area contributed by atoms with Crippen LogP contribution in [-0.2, 0) is 6.42 Å². The SMILES string of the molecule is CCCCCc1ccc(O)c2c1C(=O)c1ccccc1C2=O. The smallest absolute Gasteiger partial charge is 0.198 e. The van der Waals surface area contributed by atoms with Crippen LogP contribution in [0.1, 0.15) is 63.6 Å². The van der Waals surface area contributed by atoms with Gasteiger partial charge in [-0.15, -0.1) is 0 Å². The van der Waals surface area contributed by atoms with Gasteiger partial charge in [0.25, 0.3) is 0 Å². The molecule has 0 radical (unpaired) electrons. The van der Waals surface area contributed by atoms with Crippen LogP contribution in [0.2, 0.25) is 0 Å². The van der Waals surface area contributed by atoms with E-state index in [1.165, 1.54) is 6.07 Å². The highest BCUT2D eigenvalue weighted by atomic mass is 16.3. The van der Waals surface area contributed by atoms with Crippen molar-refractivity contribution in [3.63, 3.8) is 0 Å². The average molecular weight is 294 g/mol. The molecule has 2 aromatic rings. The third-order valence-corrected chi connectivity index (χ3v) is 4.19. The molecule has 0 spiro atoms. The lowest BCUT2D eigenvalue weighted by Gasteiger charge is -2.21. The second-order valence-corrected chi connectivity index (χ2v) is 5.65. The van der Waals surface area contributed by atoms with Gasteiger partial charge in [-0.25, -0.2) is 0 Å². The number of hydrogen-bond acceptors (Lipinski definition) is 3. The van der Waals surface area contributed by atoms with Gasteiger partial charge in [0.15, 0.2) is 11.6 Å². The highest BCUT2D eigenvalue weighted by Gasteiger charge is 2.33. The van der Waals surface area contributed by atoms with Gasteiger partial charge >= 0.3 is 0 Å². The average Bonchev–Trinajstić information content (AvgIpc) is 2.54. The number of aryl methyl sites for hydroxylation is 1. The van der Waals surface area contributed by atoms with Crippen molar-refractivity contribution >= 4 is 11.6 Å². The molecule has 0 saturated carbocycles. The van der Waals surface area contributed by atoms with Gasteiger partial charge in [-0.3, -0.25) is 9.59 Å². The summed E-state index contributed by atoms with van der Waals surface area (Å²) < 4.78 is 0. The molecule has 0 bridgehead atoms. The molecule has 2 aromatic carbocycles. The van der Waals surface area contributed by atoms with Crippen molar-refractivity contribution < 1.29 is 14.7 Å². The first kappa shape index (κ1) is 14.5. The molecule has 0 amide bonds. The van der Waals surface area contributed by atoms with Crippen LogP contribution in [0.4, 0.5) is 0 Å². The number of unbranched alkanes of at least 4 members (excludes halogenated alkanes) is 2. The molecule has 0 aromatic heterocycles. The number of carbonyl (C=O) groups excluding carboxylic acids is 2. The van der Waals surface area contributed by atoms with E-state index in [0.717, 1.165) is 31.2 Å². The van der Waals surface area contributed by atoms with E-state index in [-0.39, 0.29) is 22.9 Å². The van der Waals surface area contributed by atoms with Gasteiger partial charge in [-0.05, 0) is 24.5 Å². The molecule has 0 fully saturated rings. The lowest BCUT2D eigenvalue weighted by molar-refractivity contribution is 0.0976. The first-order chi connectivity index (χ1) is 10.6. The molecule has 3 rings (SSSR count). The van der Waals surface area contributed by atoms with Gasteiger partial charge in [-0.1, -0.05) is 50.1 Å². The number of phenols is 1. The van der Waals surface area contributed by atoms with Crippen molar-refractivity contribution in [1.82, 2.24) is 0 Å². The van der Waals surface area contributed by atoms with E-state index < -0.39 is 0 Å². The molecule has 1 N–H and O–H groups in total. The molecule has 0 heterocycles. The van der Waals surface area contributed by atoms with E-state index in [1.807, 2.05) is 0 Å². The molecular formula is C19H18O3. The monoisotopic (exact) mass is 294 g/mol. The number of fused-ring (bicyclic) bond motifs is 2. The van der Waals surface area contributed by atoms with E-state index >= 15 is 0 Å². The Labute approximate surface area is 129 Å². The highest BCUT2D eigenvalue weighted by molar-refractivity contribution is 6.29. The van der Waals surface area contributed by atoms with Crippen molar-refractivity contribution in [3.8, 4) is 5.75 Å². The lowest BCUT2D eigenvalue weighted by Crippen LogP contribution is -2.22. The summed E-state index contributed by atoms with van der Waals surface area (Å²) in [7, 11) is 0. The fourth-order valence-electron chi connectivity index (χ4n) is 3.05. The summed E-state index contributed by atoms with van der Waals surface area (Å²) >= 11 is 0. The van der Waals surface area contributed by atoms with Crippen LogP contribution < -0.4 is 0 Å². The number of phenolic OH excluding ortho intramolecular Hbond substituents is 1. The standard InChI is InChI=1S/C19H18O3/c1-2-3-4-7-12-10-11-15(20)17-16(12)18(21)13-8-5-6-9-14(13)19(17)22/h5-6,8-11,20H,2-4,7H2,1H3. The molecular weight excluding hydrogens is 276 g/mol. The normalized spacial score (nSPS) is 13.0. The molecule has 22 heavy (non-hydrogen) atoms. The predicted octanol–water partition coefficient (Wildman–Crippen LogP) is 3.90. The van der Waals surface area contributed by atoms with E-state index in [9.17, 15) is 14.7 Å². The maximum Gasteiger partial charge on any atom is 0.198 e. The van der Waals surface area contributed by atoms with Gasteiger partial charge in [0, 0.05) is 16.7 Å². The Balaban J connectivity index is 2.14. The number of rotatable bonds is 4. The quantitative estimate of drug-likeness (QED) is 0.742. The van der Waals surface area contributed by atoms with Crippen molar-refractivity contribution in [1.29, 1.82) is 0 Å². The van der Waals surface area contributed by atoms with Gasteiger partial charge in [0.1, 0.15) is 5.75 Å². The summed E-state index contributed by atoms with van der Waals surface area (Å²) in [4.78, 5) is 25.4. The molecule has 0 aliphatic heterocycles. The molecule has 1 aliphatic carbocycles.